The van der Waals surface area contributed by atoms with Gasteiger partial charge in [-0.05, 0) is 109 Å². The van der Waals surface area contributed by atoms with E-state index in [-0.39, 0.29) is 49.0 Å². The zero-order valence-corrected chi connectivity index (χ0v) is 76.3. The molecule has 9 heterocycles. The Bertz CT molecular complexity index is 3270. The monoisotopic (exact) mass is 1490 g/mol. The van der Waals surface area contributed by atoms with Crippen molar-refractivity contribution in [3.63, 3.8) is 0 Å². The zero-order chi connectivity index (χ0) is 85.7. The van der Waals surface area contributed by atoms with Crippen LogP contribution in [0.5, 0.6) is 0 Å². The minimum absolute atomic E-state index is 0.0444. The third kappa shape index (κ3) is 55.7. The summed E-state index contributed by atoms with van der Waals surface area (Å²) in [6.07, 6.45) is 28.5. The molecule has 0 saturated carbocycles. The van der Waals surface area contributed by atoms with Gasteiger partial charge in [-0.1, -0.05) is 282 Å². The van der Waals surface area contributed by atoms with Gasteiger partial charge in [0.05, 0.1) is 11.9 Å². The Morgan fingerprint density at radius 3 is 1.12 bits per heavy atom. The molecule has 18 nitrogen and oxygen atoms in total. The van der Waals surface area contributed by atoms with Crippen LogP contribution in [-0.4, -0.2) is 81.4 Å². The maximum absolute atomic E-state index is 11.2. The number of hydrogen-bond acceptors (Lipinski definition) is 16. The molecule has 0 atom stereocenters. The Balaban J connectivity index is -0.000000208. The van der Waals surface area contributed by atoms with Crippen molar-refractivity contribution >= 4 is 5.95 Å². The molecular weight excluding hydrogens is 1340 g/mol. The highest BCUT2D eigenvalue weighted by molar-refractivity contribution is 5.25. The molecule has 0 bridgehead atoms. The Kier molecular flexibility index (Phi) is 64.9. The van der Waals surface area contributed by atoms with E-state index in [9.17, 15) is 9.59 Å². The van der Waals surface area contributed by atoms with E-state index in [1.54, 1.807) is 91.4 Å². The molecule has 0 saturated heterocycles. The molecular formula is C90H156N16O2. The molecule has 0 fully saturated rings. The van der Waals surface area contributed by atoms with E-state index >= 15 is 0 Å². The van der Waals surface area contributed by atoms with Gasteiger partial charge in [0.25, 0.3) is 5.56 Å². The van der Waals surface area contributed by atoms with Gasteiger partial charge >= 0.3 is 0 Å². The van der Waals surface area contributed by atoms with Crippen molar-refractivity contribution in [1.82, 2.24) is 74.4 Å². The molecule has 0 aliphatic carbocycles. The van der Waals surface area contributed by atoms with E-state index in [0.29, 0.717) is 17.8 Å². The smallest absolute Gasteiger partial charge is 0.250 e. The lowest BCUT2D eigenvalue weighted by Gasteiger charge is -2.19. The molecule has 0 spiro atoms. The van der Waals surface area contributed by atoms with Crippen LogP contribution in [0, 0.1) is 0 Å². The number of nitrogens with zero attached hydrogens (tertiary/aromatic N) is 15. The van der Waals surface area contributed by atoms with Crippen molar-refractivity contribution in [2.75, 3.05) is 12.4 Å². The summed E-state index contributed by atoms with van der Waals surface area (Å²) in [5.41, 5.74) is 10.2. The first-order valence-electron chi connectivity index (χ1n) is 39.0. The van der Waals surface area contributed by atoms with Crippen molar-refractivity contribution in [3.05, 3.63) is 237 Å². The first-order valence-corrected chi connectivity index (χ1v) is 39.0. The minimum Gasteiger partial charge on any atom is -0.357 e. The van der Waals surface area contributed by atoms with Crippen LogP contribution in [0.1, 0.15) is 332 Å². The van der Waals surface area contributed by atoms with Crippen molar-refractivity contribution in [3.8, 4) is 0 Å². The van der Waals surface area contributed by atoms with Gasteiger partial charge in [0.2, 0.25) is 11.5 Å². The molecule has 0 radical (unpaired) electrons. The van der Waals surface area contributed by atoms with E-state index in [0.717, 1.165) is 22.8 Å². The molecule has 9 rings (SSSR count). The van der Waals surface area contributed by atoms with Crippen LogP contribution < -0.4 is 16.4 Å². The molecule has 0 amide bonds. The minimum atomic E-state index is 0.0444. The van der Waals surface area contributed by atoms with Crippen LogP contribution in [-0.2, 0) is 52.0 Å². The van der Waals surface area contributed by atoms with E-state index in [1.807, 2.05) is 196 Å². The van der Waals surface area contributed by atoms with E-state index in [1.165, 1.54) is 27.8 Å². The summed E-state index contributed by atoms with van der Waals surface area (Å²) < 4.78 is 3.19. The van der Waals surface area contributed by atoms with Crippen molar-refractivity contribution in [1.29, 1.82) is 0 Å². The van der Waals surface area contributed by atoms with E-state index in [4.69, 9.17) is 0 Å². The van der Waals surface area contributed by atoms with Gasteiger partial charge in [-0.2, -0.15) is 20.4 Å². The van der Waals surface area contributed by atoms with Crippen LogP contribution in [0.25, 0.3) is 0 Å². The lowest BCUT2D eigenvalue weighted by atomic mass is 9.88. The second-order valence-electron chi connectivity index (χ2n) is 30.2. The van der Waals surface area contributed by atoms with E-state index < -0.39 is 0 Å². The predicted octanol–water partition coefficient (Wildman–Crippen LogP) is 23.3. The standard InChI is InChI=1S/2C10H15NO.C8H13N3.5C8H12N2.C8H11N.7C2H6/c1-10(2,3)8-5-6-11(4)9(12)7-8;1-10(2,3)8-5-6-9(12)11(4)7-8;1-6(2)7-4-10-8(9-3)11-5-7;1-8(2,3)7-4-9-6-10-5-7;1-8(2,3)7-4-5-9-6-10-7;1-8(2,3)7-4-5-9-10-6-7;1-8(2,3)7-9-5-4-6-10-7;1-8(2,3)7-5-4-6-9-10-7;1-7(2)8-4-3-5-9-6-8;7*1-2/h2*5-7H,1-4H3;4-6H,1-3H3,(H,9,10,11);5*4-6H,1-3H3;3-7H,1-2H3;7*1-2H3. The summed E-state index contributed by atoms with van der Waals surface area (Å²) in [5, 5.41) is 18.2. The average molecular weight is 1490 g/mol. The summed E-state index contributed by atoms with van der Waals surface area (Å²) in [5.74, 6) is 2.67. The van der Waals surface area contributed by atoms with Gasteiger partial charge < -0.3 is 14.5 Å². The van der Waals surface area contributed by atoms with Gasteiger partial charge in [-0.15, -0.1) is 0 Å². The molecule has 608 valence electrons. The molecule has 0 aliphatic rings. The van der Waals surface area contributed by atoms with Gasteiger partial charge in [0, 0.05) is 136 Å². The highest BCUT2D eigenvalue weighted by Crippen LogP contribution is 2.24. The molecule has 0 unspecified atom stereocenters. The fraction of sp³-hybridized carbons (Fsp3) is 0.567. The average Bonchev–Trinajstić information content (AvgIpc) is 0.850. The summed E-state index contributed by atoms with van der Waals surface area (Å²) in [4.78, 5) is 58.7. The SMILES string of the molecule is CC.CC.CC.CC.CC.CC.CC.CC(C)(C)c1cccnn1.CC(C)(C)c1ccncn1.CC(C)(C)c1ccnnc1.CC(C)(C)c1cncnc1.CC(C)(C)c1ncccn1.CC(C)c1cccnc1.CNc1ncc(C(C)C)cn1.Cn1cc(C(C)(C)C)ccc1=O.Cn1ccc(C(C)(C)C)cc1=O. The molecule has 1 N–H and O–H groups in total. The first-order chi connectivity index (χ1) is 50.4. The van der Waals surface area contributed by atoms with Gasteiger partial charge in [0.1, 0.15) is 18.5 Å². The van der Waals surface area contributed by atoms with Crippen molar-refractivity contribution in [2.24, 2.45) is 14.1 Å². The predicted molar refractivity (Wildman–Crippen MR) is 468 cm³/mol. The number of nitrogens with one attached hydrogen (secondary N) is 1. The number of pyridine rings is 3. The maximum Gasteiger partial charge on any atom is 0.250 e. The Morgan fingerprint density at radius 1 is 0.343 bits per heavy atom. The summed E-state index contributed by atoms with van der Waals surface area (Å²) in [7, 11) is 5.34. The zero-order valence-electron chi connectivity index (χ0n) is 76.3. The molecule has 108 heavy (non-hydrogen) atoms. The summed E-state index contributed by atoms with van der Waals surface area (Å²) in [6, 6.07) is 20.9. The summed E-state index contributed by atoms with van der Waals surface area (Å²) in [6.45, 7) is 81.2. The fourth-order valence-corrected chi connectivity index (χ4v) is 7.08. The van der Waals surface area contributed by atoms with Gasteiger partial charge in [0.15, 0.2) is 0 Å². The topological polar surface area (TPSA) is 224 Å². The third-order valence-electron chi connectivity index (χ3n) is 13.6. The maximum atomic E-state index is 11.2. The number of aryl methyl sites for hydroxylation is 2. The van der Waals surface area contributed by atoms with Crippen molar-refractivity contribution in [2.45, 2.75) is 320 Å². The molecule has 9 aromatic rings. The lowest BCUT2D eigenvalue weighted by Crippen LogP contribution is -2.20. The van der Waals surface area contributed by atoms with Crippen molar-refractivity contribution < 1.29 is 0 Å². The Hall–Kier alpha value is -8.67. The highest BCUT2D eigenvalue weighted by atomic mass is 16.1. The number of anilines is 1. The van der Waals surface area contributed by atoms with Gasteiger partial charge in [-0.3, -0.25) is 14.6 Å². The normalized spacial score (nSPS) is 10.2. The van der Waals surface area contributed by atoms with Crippen LogP contribution in [0.3, 0.4) is 0 Å². The fourth-order valence-electron chi connectivity index (χ4n) is 7.08. The second-order valence-corrected chi connectivity index (χ2v) is 30.2. The second kappa shape index (κ2) is 62.2. The molecule has 9 aromatic heterocycles. The molecule has 0 aromatic carbocycles. The number of aromatic nitrogens is 15. The van der Waals surface area contributed by atoms with Crippen LogP contribution in [0.2, 0.25) is 0 Å². The van der Waals surface area contributed by atoms with E-state index in [2.05, 4.69) is 250 Å². The molecule has 0 aliphatic heterocycles. The highest BCUT2D eigenvalue weighted by Gasteiger charge is 2.19. The quantitative estimate of drug-likeness (QED) is 0.174. The Morgan fingerprint density at radius 2 is 0.824 bits per heavy atom. The Labute approximate surface area is 660 Å². The van der Waals surface area contributed by atoms with Crippen LogP contribution in [0.15, 0.2) is 176 Å². The van der Waals surface area contributed by atoms with Crippen LogP contribution >= 0.6 is 0 Å². The summed E-state index contributed by atoms with van der Waals surface area (Å²) >= 11 is 0. The lowest BCUT2D eigenvalue weighted by molar-refractivity contribution is 0.545. The number of rotatable bonds is 3. The first kappa shape index (κ1) is 113. The number of hydrogen-bond donors (Lipinski definition) is 1. The van der Waals surface area contributed by atoms with Crippen LogP contribution in [0.4, 0.5) is 5.95 Å². The molecule has 18 heteroatoms. The third-order valence-corrected chi connectivity index (χ3v) is 13.6. The largest absolute Gasteiger partial charge is 0.357 e. The van der Waals surface area contributed by atoms with Gasteiger partial charge in [-0.25, -0.2) is 39.9 Å².